The molecule has 0 aromatic carbocycles. The van der Waals surface area contributed by atoms with Crippen molar-refractivity contribution in [2.75, 3.05) is 12.8 Å². The molecule has 0 spiro atoms. The number of rotatable bonds is 5. The second kappa shape index (κ2) is 8.42. The summed E-state index contributed by atoms with van der Waals surface area (Å²) in [6.07, 6.45) is 8.27. The smallest absolute Gasteiger partial charge is 0.317 e. The molecule has 0 bridgehead atoms. The maximum absolute atomic E-state index is 12.5. The molecular formula is C17H27N3OS. The van der Waals surface area contributed by atoms with Gasteiger partial charge in [0.05, 0.1) is 6.04 Å². The standard InChI is InChI=1S/C17H27N3OS/c1-4-22-16-9-5-8-15(11-16)19-17(21)20(3)13(2)14-7-6-10-18-12-14/h6-7,10,12-13,15-16H,4-5,8-9,11H2,1-3H3,(H,19,21). The van der Waals surface area contributed by atoms with Gasteiger partial charge in [-0.1, -0.05) is 19.4 Å². The summed E-state index contributed by atoms with van der Waals surface area (Å²) in [4.78, 5) is 18.4. The largest absolute Gasteiger partial charge is 0.335 e. The molecule has 1 fully saturated rings. The van der Waals surface area contributed by atoms with Gasteiger partial charge in [0.1, 0.15) is 0 Å². The lowest BCUT2D eigenvalue weighted by Gasteiger charge is -2.32. The summed E-state index contributed by atoms with van der Waals surface area (Å²) >= 11 is 2.02. The van der Waals surface area contributed by atoms with Crippen molar-refractivity contribution in [3.63, 3.8) is 0 Å². The van der Waals surface area contributed by atoms with Gasteiger partial charge in [0, 0.05) is 30.7 Å². The third kappa shape index (κ3) is 4.63. The number of aromatic nitrogens is 1. The van der Waals surface area contributed by atoms with Crippen LogP contribution >= 0.6 is 11.8 Å². The van der Waals surface area contributed by atoms with E-state index in [4.69, 9.17) is 0 Å². The highest BCUT2D eigenvalue weighted by Crippen LogP contribution is 2.28. The Bertz CT molecular complexity index is 466. The molecule has 3 atom stereocenters. The molecule has 0 saturated heterocycles. The van der Waals surface area contributed by atoms with Crippen molar-refractivity contribution in [1.29, 1.82) is 0 Å². The van der Waals surface area contributed by atoms with Gasteiger partial charge in [0.25, 0.3) is 0 Å². The summed E-state index contributed by atoms with van der Waals surface area (Å²) in [6, 6.07) is 4.27. The van der Waals surface area contributed by atoms with Gasteiger partial charge in [-0.25, -0.2) is 4.79 Å². The zero-order valence-corrected chi connectivity index (χ0v) is 14.6. The monoisotopic (exact) mass is 321 g/mol. The van der Waals surface area contributed by atoms with Crippen LogP contribution in [0, 0.1) is 0 Å². The molecule has 1 aliphatic rings. The van der Waals surface area contributed by atoms with E-state index in [-0.39, 0.29) is 12.1 Å². The fourth-order valence-electron chi connectivity index (χ4n) is 2.96. The number of nitrogens with zero attached hydrogens (tertiary/aromatic N) is 2. The lowest BCUT2D eigenvalue weighted by molar-refractivity contribution is 0.187. The van der Waals surface area contributed by atoms with Gasteiger partial charge in [-0.15, -0.1) is 0 Å². The Labute approximate surface area is 138 Å². The molecule has 2 rings (SSSR count). The molecule has 22 heavy (non-hydrogen) atoms. The molecule has 1 heterocycles. The average Bonchev–Trinajstić information content (AvgIpc) is 2.55. The fourth-order valence-corrected chi connectivity index (χ4v) is 4.14. The first-order valence-electron chi connectivity index (χ1n) is 8.16. The third-order valence-corrected chi connectivity index (χ3v) is 5.66. The summed E-state index contributed by atoms with van der Waals surface area (Å²) in [5.74, 6) is 1.16. The normalized spacial score (nSPS) is 22.9. The minimum atomic E-state index is 0.0171. The van der Waals surface area contributed by atoms with E-state index in [1.807, 2.05) is 44.1 Å². The Morgan fingerprint density at radius 3 is 3.05 bits per heavy atom. The second-order valence-electron chi connectivity index (χ2n) is 5.96. The average molecular weight is 321 g/mol. The number of nitrogens with one attached hydrogen (secondary N) is 1. The van der Waals surface area contributed by atoms with Crippen LogP contribution in [-0.4, -0.2) is 40.0 Å². The molecule has 0 radical (unpaired) electrons. The van der Waals surface area contributed by atoms with Crippen molar-refractivity contribution in [2.45, 2.75) is 56.9 Å². The first-order valence-corrected chi connectivity index (χ1v) is 9.21. The topological polar surface area (TPSA) is 45.2 Å². The van der Waals surface area contributed by atoms with Gasteiger partial charge in [0.15, 0.2) is 0 Å². The van der Waals surface area contributed by atoms with Gasteiger partial charge in [0.2, 0.25) is 0 Å². The molecule has 1 aromatic rings. The Balaban J connectivity index is 1.88. The first kappa shape index (κ1) is 17.1. The van der Waals surface area contributed by atoms with E-state index in [9.17, 15) is 4.79 Å². The highest BCUT2D eigenvalue weighted by atomic mass is 32.2. The Morgan fingerprint density at radius 1 is 1.55 bits per heavy atom. The van der Waals surface area contributed by atoms with Gasteiger partial charge < -0.3 is 10.2 Å². The zero-order chi connectivity index (χ0) is 15.9. The van der Waals surface area contributed by atoms with Crippen LogP contribution in [0.15, 0.2) is 24.5 Å². The number of hydrogen-bond acceptors (Lipinski definition) is 3. The molecule has 1 aromatic heterocycles. The van der Waals surface area contributed by atoms with E-state index in [1.54, 1.807) is 11.1 Å². The predicted octanol–water partition coefficient (Wildman–Crippen LogP) is 3.85. The highest BCUT2D eigenvalue weighted by molar-refractivity contribution is 7.99. The number of carbonyl (C=O) groups is 1. The molecular weight excluding hydrogens is 294 g/mol. The number of urea groups is 1. The highest BCUT2D eigenvalue weighted by Gasteiger charge is 2.25. The van der Waals surface area contributed by atoms with E-state index >= 15 is 0 Å². The molecule has 4 nitrogen and oxygen atoms in total. The lowest BCUT2D eigenvalue weighted by Crippen LogP contribution is -2.46. The maximum atomic E-state index is 12.5. The molecule has 2 amide bonds. The van der Waals surface area contributed by atoms with Crippen molar-refractivity contribution in [2.24, 2.45) is 0 Å². The molecule has 3 unspecified atom stereocenters. The number of thioether (sulfide) groups is 1. The van der Waals surface area contributed by atoms with E-state index < -0.39 is 0 Å². The van der Waals surface area contributed by atoms with Crippen LogP contribution < -0.4 is 5.32 Å². The van der Waals surface area contributed by atoms with Crippen molar-refractivity contribution in [1.82, 2.24) is 15.2 Å². The van der Waals surface area contributed by atoms with Gasteiger partial charge >= 0.3 is 6.03 Å². The summed E-state index contributed by atoms with van der Waals surface area (Å²) < 4.78 is 0. The van der Waals surface area contributed by atoms with Gasteiger partial charge in [-0.05, 0) is 43.6 Å². The van der Waals surface area contributed by atoms with Crippen LogP contribution in [0.3, 0.4) is 0 Å². The zero-order valence-electron chi connectivity index (χ0n) is 13.8. The van der Waals surface area contributed by atoms with Gasteiger partial charge in [-0.2, -0.15) is 11.8 Å². The van der Waals surface area contributed by atoms with Crippen molar-refractivity contribution in [3.8, 4) is 0 Å². The predicted molar refractivity (Wildman–Crippen MR) is 93.1 cm³/mol. The van der Waals surface area contributed by atoms with Crippen molar-refractivity contribution >= 4 is 17.8 Å². The number of hydrogen-bond donors (Lipinski definition) is 1. The summed E-state index contributed by atoms with van der Waals surface area (Å²) in [5.41, 5.74) is 1.06. The van der Waals surface area contributed by atoms with Crippen molar-refractivity contribution in [3.05, 3.63) is 30.1 Å². The van der Waals surface area contributed by atoms with E-state index in [1.165, 1.54) is 12.8 Å². The molecule has 5 heteroatoms. The van der Waals surface area contributed by atoms with Crippen LogP contribution in [0.25, 0.3) is 0 Å². The maximum Gasteiger partial charge on any atom is 0.317 e. The summed E-state index contributed by atoms with van der Waals surface area (Å²) in [5, 5.41) is 3.91. The summed E-state index contributed by atoms with van der Waals surface area (Å²) in [7, 11) is 1.86. The Morgan fingerprint density at radius 2 is 2.36 bits per heavy atom. The first-order chi connectivity index (χ1) is 10.6. The van der Waals surface area contributed by atoms with Crippen LogP contribution in [-0.2, 0) is 0 Å². The van der Waals surface area contributed by atoms with Crippen LogP contribution in [0.1, 0.15) is 51.1 Å². The quantitative estimate of drug-likeness (QED) is 0.896. The molecule has 122 valence electrons. The summed E-state index contributed by atoms with van der Waals surface area (Å²) in [6.45, 7) is 4.24. The van der Waals surface area contributed by atoms with Crippen LogP contribution in [0.2, 0.25) is 0 Å². The van der Waals surface area contributed by atoms with Crippen LogP contribution in [0.4, 0.5) is 4.79 Å². The third-order valence-electron chi connectivity index (χ3n) is 4.42. The lowest BCUT2D eigenvalue weighted by atomic mass is 9.95. The fraction of sp³-hybridized carbons (Fsp3) is 0.647. The minimum Gasteiger partial charge on any atom is -0.335 e. The minimum absolute atomic E-state index is 0.0171. The molecule has 1 aliphatic carbocycles. The van der Waals surface area contributed by atoms with Crippen LogP contribution in [0.5, 0.6) is 0 Å². The van der Waals surface area contributed by atoms with E-state index in [2.05, 4.69) is 17.2 Å². The number of amides is 2. The number of carbonyl (C=O) groups excluding carboxylic acids is 1. The second-order valence-corrected chi connectivity index (χ2v) is 7.54. The Kier molecular flexibility index (Phi) is 6.55. The van der Waals surface area contributed by atoms with E-state index in [0.29, 0.717) is 11.3 Å². The molecule has 1 saturated carbocycles. The van der Waals surface area contributed by atoms with Crippen molar-refractivity contribution < 1.29 is 4.79 Å². The SMILES string of the molecule is CCSC1CCCC(NC(=O)N(C)C(C)c2cccnc2)C1. The molecule has 1 N–H and O–H groups in total. The number of pyridine rings is 1. The van der Waals surface area contributed by atoms with E-state index in [0.717, 1.165) is 24.2 Å². The molecule has 0 aliphatic heterocycles. The Hall–Kier alpha value is -1.23. The van der Waals surface area contributed by atoms with Gasteiger partial charge in [-0.3, -0.25) is 4.98 Å².